The molecule has 3 fully saturated rings. The molecule has 2 atom stereocenters. The van der Waals surface area contributed by atoms with Crippen LogP contribution in [0.3, 0.4) is 0 Å². The number of carboxylic acids is 1. The van der Waals surface area contributed by atoms with Crippen LogP contribution in [0.4, 0.5) is 20.4 Å². The van der Waals surface area contributed by atoms with Gasteiger partial charge in [-0.3, -0.25) is 14.9 Å². The van der Waals surface area contributed by atoms with E-state index in [4.69, 9.17) is 0 Å². The topological polar surface area (TPSA) is 93.9 Å². The second-order valence-corrected chi connectivity index (χ2v) is 13.5. The van der Waals surface area contributed by atoms with Gasteiger partial charge in [-0.1, -0.05) is 24.6 Å². The van der Waals surface area contributed by atoms with Crippen molar-refractivity contribution >= 4 is 23.5 Å². The Hall–Kier alpha value is -3.83. The minimum absolute atomic E-state index is 0.232. The van der Waals surface area contributed by atoms with Crippen LogP contribution in [0.5, 0.6) is 0 Å². The van der Waals surface area contributed by atoms with Crippen molar-refractivity contribution in [2.45, 2.75) is 57.9 Å². The highest BCUT2D eigenvalue weighted by Crippen LogP contribution is 2.36. The molecule has 1 aromatic heterocycles. The molecule has 0 aliphatic carbocycles. The molecule has 3 aliphatic rings. The van der Waals surface area contributed by atoms with Gasteiger partial charge in [0.1, 0.15) is 11.6 Å². The van der Waals surface area contributed by atoms with Crippen molar-refractivity contribution in [1.29, 1.82) is 0 Å². The smallest absolute Gasteiger partial charge is 0.306 e. The zero-order chi connectivity index (χ0) is 32.9. The molecule has 0 saturated carbocycles. The molecule has 9 nitrogen and oxygen atoms in total. The van der Waals surface area contributed by atoms with Gasteiger partial charge in [0.15, 0.2) is 0 Å². The Morgan fingerprint density at radius 2 is 1.72 bits per heavy atom. The summed E-state index contributed by atoms with van der Waals surface area (Å²) in [5.74, 6) is -3.07. The quantitative estimate of drug-likeness (QED) is 0.290. The molecule has 47 heavy (non-hydrogen) atoms. The van der Waals surface area contributed by atoms with Crippen LogP contribution in [-0.4, -0.2) is 88.7 Å². The van der Waals surface area contributed by atoms with Gasteiger partial charge in [0.25, 0.3) is 0 Å². The predicted octanol–water partition coefficient (Wildman–Crippen LogP) is 5.35. The molecule has 6 rings (SSSR count). The molecule has 252 valence electrons. The van der Waals surface area contributed by atoms with Gasteiger partial charge in [-0.15, -0.1) is 0 Å². The first-order chi connectivity index (χ1) is 22.7. The number of carboxylic acid groups (broad SMARTS) is 1. The van der Waals surface area contributed by atoms with Crippen molar-refractivity contribution in [2.24, 2.45) is 11.8 Å². The SMILES string of the molecule is Cc1ccc(Cn2ccnc2NC(=O)[C@@H]2CN(CCCN3CCCCC3)C[C@H]2c2ccc(F)cc2F)c(N2CCC(C(=O)O)CC2)c1. The largest absolute Gasteiger partial charge is 0.481 e. The fraction of sp³-hybridized carbons (Fsp3) is 0.528. The van der Waals surface area contributed by atoms with Gasteiger partial charge in [0, 0.05) is 56.2 Å². The van der Waals surface area contributed by atoms with E-state index in [2.05, 4.69) is 43.2 Å². The van der Waals surface area contributed by atoms with E-state index in [0.29, 0.717) is 57.1 Å². The van der Waals surface area contributed by atoms with Crippen LogP contribution >= 0.6 is 0 Å². The van der Waals surface area contributed by atoms with Gasteiger partial charge >= 0.3 is 5.97 Å². The number of hydrogen-bond donors (Lipinski definition) is 2. The number of nitrogens with one attached hydrogen (secondary N) is 1. The van der Waals surface area contributed by atoms with E-state index < -0.39 is 29.4 Å². The number of rotatable bonds is 11. The molecule has 4 heterocycles. The zero-order valence-corrected chi connectivity index (χ0v) is 27.2. The number of hydrogen-bond acceptors (Lipinski definition) is 6. The highest BCUT2D eigenvalue weighted by Gasteiger charge is 2.40. The molecular weight excluding hydrogens is 602 g/mol. The van der Waals surface area contributed by atoms with Gasteiger partial charge in [0.2, 0.25) is 11.9 Å². The molecule has 0 bridgehead atoms. The third-order valence-electron chi connectivity index (χ3n) is 10.2. The Bertz CT molecular complexity index is 1550. The molecule has 2 N–H and O–H groups in total. The number of aromatic nitrogens is 2. The molecule has 3 saturated heterocycles. The van der Waals surface area contributed by atoms with Crippen LogP contribution in [0.25, 0.3) is 0 Å². The number of carbonyl (C=O) groups is 2. The summed E-state index contributed by atoms with van der Waals surface area (Å²) in [4.78, 5) is 36.9. The van der Waals surface area contributed by atoms with E-state index in [9.17, 15) is 19.1 Å². The lowest BCUT2D eigenvalue weighted by Gasteiger charge is -2.33. The number of amides is 1. The first-order valence-corrected chi connectivity index (χ1v) is 17.0. The maximum atomic E-state index is 15.1. The normalized spacial score (nSPS) is 21.3. The third-order valence-corrected chi connectivity index (χ3v) is 10.2. The van der Waals surface area contributed by atoms with E-state index in [1.165, 1.54) is 31.4 Å². The summed E-state index contributed by atoms with van der Waals surface area (Å²) in [6.45, 7) is 8.95. The van der Waals surface area contributed by atoms with Crippen LogP contribution in [-0.2, 0) is 16.1 Å². The molecular formula is C36H46F2N6O3. The molecule has 1 amide bonds. The Labute approximate surface area is 275 Å². The standard InChI is InChI=1S/C36H46F2N6O3/c1-25-6-7-27(33(20-25)43-17-10-26(11-18-43)35(46)47)22-44-19-12-39-36(44)40-34(45)31-24-42(16-5-15-41-13-3-2-4-14-41)23-30(31)29-9-8-28(37)21-32(29)38/h6-9,12,19-21,26,30-31H,2-5,10-11,13-18,22-24H2,1H3,(H,46,47)(H,39,40,45)/t30-,31+/m0/s1. The number of benzene rings is 2. The number of carbonyl (C=O) groups excluding carboxylic acids is 1. The van der Waals surface area contributed by atoms with Gasteiger partial charge in [-0.2, -0.15) is 0 Å². The van der Waals surface area contributed by atoms with Crippen LogP contribution < -0.4 is 10.2 Å². The second-order valence-electron chi connectivity index (χ2n) is 13.5. The van der Waals surface area contributed by atoms with Crippen molar-refractivity contribution in [1.82, 2.24) is 19.4 Å². The summed E-state index contributed by atoms with van der Waals surface area (Å²) in [6, 6.07) is 9.91. The predicted molar refractivity (Wildman–Crippen MR) is 178 cm³/mol. The summed E-state index contributed by atoms with van der Waals surface area (Å²) < 4.78 is 30.8. The highest BCUT2D eigenvalue weighted by molar-refractivity contribution is 5.92. The summed E-state index contributed by atoms with van der Waals surface area (Å²) in [6.07, 6.45) is 9.43. The molecule has 3 aromatic rings. The summed E-state index contributed by atoms with van der Waals surface area (Å²) in [7, 11) is 0. The Morgan fingerprint density at radius 3 is 2.47 bits per heavy atom. The summed E-state index contributed by atoms with van der Waals surface area (Å²) >= 11 is 0. The minimum Gasteiger partial charge on any atom is -0.481 e. The van der Waals surface area contributed by atoms with Gasteiger partial charge in [0.05, 0.1) is 18.4 Å². The zero-order valence-electron chi connectivity index (χ0n) is 27.2. The Balaban J connectivity index is 1.16. The second kappa shape index (κ2) is 14.9. The van der Waals surface area contributed by atoms with E-state index in [-0.39, 0.29) is 11.8 Å². The Morgan fingerprint density at radius 1 is 0.957 bits per heavy atom. The summed E-state index contributed by atoms with van der Waals surface area (Å²) in [5, 5.41) is 12.5. The number of anilines is 2. The van der Waals surface area contributed by atoms with E-state index in [1.54, 1.807) is 6.20 Å². The Kier molecular flexibility index (Phi) is 10.5. The number of likely N-dealkylation sites (tertiary alicyclic amines) is 2. The lowest BCUT2D eigenvalue weighted by molar-refractivity contribution is -0.142. The van der Waals surface area contributed by atoms with E-state index in [0.717, 1.165) is 55.5 Å². The van der Waals surface area contributed by atoms with Gasteiger partial charge in [-0.25, -0.2) is 13.8 Å². The molecule has 0 unspecified atom stereocenters. The molecule has 3 aliphatic heterocycles. The fourth-order valence-electron chi connectivity index (χ4n) is 7.57. The van der Waals surface area contributed by atoms with Gasteiger partial charge < -0.3 is 24.4 Å². The number of imidazole rings is 1. The number of piperidine rings is 2. The van der Waals surface area contributed by atoms with Crippen LogP contribution in [0, 0.1) is 30.4 Å². The van der Waals surface area contributed by atoms with Crippen molar-refractivity contribution in [3.05, 3.63) is 77.1 Å². The summed E-state index contributed by atoms with van der Waals surface area (Å²) in [5.41, 5.74) is 3.58. The third kappa shape index (κ3) is 8.01. The number of aliphatic carboxylic acids is 1. The average Bonchev–Trinajstić information content (AvgIpc) is 3.69. The van der Waals surface area contributed by atoms with Crippen molar-refractivity contribution < 1.29 is 23.5 Å². The number of aryl methyl sites for hydroxylation is 1. The number of nitrogens with zero attached hydrogens (tertiary/aromatic N) is 5. The first-order valence-electron chi connectivity index (χ1n) is 17.0. The lowest BCUT2D eigenvalue weighted by atomic mass is 9.88. The van der Waals surface area contributed by atoms with Crippen molar-refractivity contribution in [2.75, 3.05) is 62.6 Å². The van der Waals surface area contributed by atoms with Crippen molar-refractivity contribution in [3.63, 3.8) is 0 Å². The monoisotopic (exact) mass is 648 g/mol. The molecule has 0 radical (unpaired) electrons. The first kappa shape index (κ1) is 33.1. The van der Waals surface area contributed by atoms with Gasteiger partial charge in [-0.05, 0) is 94.0 Å². The van der Waals surface area contributed by atoms with Crippen molar-refractivity contribution in [3.8, 4) is 0 Å². The van der Waals surface area contributed by atoms with E-state index in [1.807, 2.05) is 17.7 Å². The number of halogens is 2. The van der Waals surface area contributed by atoms with E-state index >= 15 is 4.39 Å². The molecule has 11 heteroatoms. The maximum absolute atomic E-state index is 15.1. The van der Waals surface area contributed by atoms with Crippen LogP contribution in [0.15, 0.2) is 48.8 Å². The van der Waals surface area contributed by atoms with Crippen LogP contribution in [0.1, 0.15) is 61.1 Å². The molecule has 0 spiro atoms. The molecule has 2 aromatic carbocycles. The highest BCUT2D eigenvalue weighted by atomic mass is 19.1. The lowest BCUT2D eigenvalue weighted by Crippen LogP contribution is -2.37. The van der Waals surface area contributed by atoms with Crippen LogP contribution in [0.2, 0.25) is 0 Å². The minimum atomic E-state index is -0.736. The maximum Gasteiger partial charge on any atom is 0.306 e. The fourth-order valence-corrected chi connectivity index (χ4v) is 7.57. The average molecular weight is 649 g/mol.